The van der Waals surface area contributed by atoms with Gasteiger partial charge in [-0.1, -0.05) is 42.5 Å². The van der Waals surface area contributed by atoms with E-state index < -0.39 is 0 Å². The third-order valence-corrected chi connectivity index (χ3v) is 5.51. The van der Waals surface area contributed by atoms with Gasteiger partial charge in [-0.25, -0.2) is 0 Å². The number of fused-ring (bicyclic) bond motifs is 1. The van der Waals surface area contributed by atoms with Crippen LogP contribution in [0.25, 0.3) is 0 Å². The number of piperazine rings is 1. The molecule has 0 atom stereocenters. The highest BCUT2D eigenvalue weighted by atomic mass is 32.1. The van der Waals surface area contributed by atoms with E-state index in [-0.39, 0.29) is 0 Å². The van der Waals surface area contributed by atoms with Crippen LogP contribution in [0.4, 0.5) is 0 Å². The van der Waals surface area contributed by atoms with Gasteiger partial charge >= 0.3 is 0 Å². The first-order valence-electron chi connectivity index (χ1n) is 9.31. The molecule has 5 heteroatoms. The van der Waals surface area contributed by atoms with E-state index >= 15 is 0 Å². The average molecular weight is 368 g/mol. The maximum Gasteiger partial charge on any atom is 0.169 e. The van der Waals surface area contributed by atoms with Crippen molar-refractivity contribution < 1.29 is 4.74 Å². The zero-order valence-corrected chi connectivity index (χ0v) is 15.8. The fraction of sp³-hybridized carbons (Fsp3) is 0.381. The lowest BCUT2D eigenvalue weighted by Crippen LogP contribution is -2.51. The molecule has 2 aliphatic rings. The van der Waals surface area contributed by atoms with E-state index in [0.717, 1.165) is 63.2 Å². The normalized spacial score (nSPS) is 16.8. The predicted octanol–water partition coefficient (Wildman–Crippen LogP) is 2.81. The number of nitrogens with one attached hydrogen (secondary N) is 1. The van der Waals surface area contributed by atoms with Crippen molar-refractivity contribution in [3.8, 4) is 5.75 Å². The fourth-order valence-electron chi connectivity index (χ4n) is 3.59. The van der Waals surface area contributed by atoms with Gasteiger partial charge in [-0.15, -0.1) is 0 Å². The summed E-state index contributed by atoms with van der Waals surface area (Å²) in [6, 6.07) is 17.0. The van der Waals surface area contributed by atoms with Crippen LogP contribution >= 0.6 is 12.2 Å². The Kier molecular flexibility index (Phi) is 5.37. The second-order valence-corrected chi connectivity index (χ2v) is 7.33. The van der Waals surface area contributed by atoms with Crippen LogP contribution in [0.15, 0.2) is 48.5 Å². The molecule has 4 rings (SSSR count). The van der Waals surface area contributed by atoms with E-state index in [1.165, 1.54) is 16.7 Å². The third-order valence-electron chi connectivity index (χ3n) is 5.11. The van der Waals surface area contributed by atoms with Crippen molar-refractivity contribution in [1.29, 1.82) is 0 Å². The molecule has 4 nitrogen and oxygen atoms in total. The maximum absolute atomic E-state index is 5.60. The molecule has 1 fully saturated rings. The molecule has 1 N–H and O–H groups in total. The molecule has 0 aromatic heterocycles. The molecule has 0 bridgehead atoms. The highest BCUT2D eigenvalue weighted by Gasteiger charge is 2.20. The minimum absolute atomic E-state index is 0.789. The first kappa shape index (κ1) is 17.3. The number of benzene rings is 2. The van der Waals surface area contributed by atoms with Crippen molar-refractivity contribution in [1.82, 2.24) is 15.1 Å². The van der Waals surface area contributed by atoms with Crippen LogP contribution in [-0.4, -0.2) is 47.7 Å². The Hall–Kier alpha value is -2.11. The quantitative estimate of drug-likeness (QED) is 0.839. The minimum atomic E-state index is 0.789. The highest BCUT2D eigenvalue weighted by molar-refractivity contribution is 7.80. The summed E-state index contributed by atoms with van der Waals surface area (Å²) in [5, 5.41) is 4.25. The van der Waals surface area contributed by atoms with Gasteiger partial charge < -0.3 is 15.0 Å². The zero-order chi connectivity index (χ0) is 17.8. The standard InChI is InChI=1S/C21H25N3OS/c26-21(22-15-17-4-2-1-3-5-17)24-11-9-23(10-12-24)16-18-6-7-20-19(14-18)8-13-25-20/h1-7,14H,8-13,15-16H2,(H,22,26). The smallest absolute Gasteiger partial charge is 0.169 e. The van der Waals surface area contributed by atoms with Gasteiger partial charge in [-0.2, -0.15) is 0 Å². The van der Waals surface area contributed by atoms with Crippen LogP contribution in [-0.2, 0) is 19.5 Å². The van der Waals surface area contributed by atoms with Gasteiger partial charge in [-0.3, -0.25) is 4.90 Å². The second kappa shape index (κ2) is 8.06. The molecule has 0 spiro atoms. The summed E-state index contributed by atoms with van der Waals surface area (Å²) >= 11 is 5.58. The molecule has 0 amide bonds. The Balaban J connectivity index is 1.24. The first-order chi connectivity index (χ1) is 12.8. The number of thiocarbonyl (C=S) groups is 1. The topological polar surface area (TPSA) is 27.7 Å². The first-order valence-corrected chi connectivity index (χ1v) is 9.72. The second-order valence-electron chi connectivity index (χ2n) is 6.95. The summed E-state index contributed by atoms with van der Waals surface area (Å²) in [5.41, 5.74) is 3.99. The highest BCUT2D eigenvalue weighted by Crippen LogP contribution is 2.26. The molecule has 0 unspecified atom stereocenters. The van der Waals surface area contributed by atoms with Crippen LogP contribution in [0.3, 0.4) is 0 Å². The Labute approximate surface area is 160 Å². The summed E-state index contributed by atoms with van der Waals surface area (Å²) in [6.07, 6.45) is 1.04. The molecule has 0 aliphatic carbocycles. The average Bonchev–Trinajstić information content (AvgIpc) is 3.15. The summed E-state index contributed by atoms with van der Waals surface area (Å²) < 4.78 is 5.60. The maximum atomic E-state index is 5.60. The number of rotatable bonds is 4. The van der Waals surface area contributed by atoms with Gasteiger partial charge in [0, 0.05) is 45.7 Å². The number of hydrogen-bond acceptors (Lipinski definition) is 3. The van der Waals surface area contributed by atoms with Crippen molar-refractivity contribution in [2.75, 3.05) is 32.8 Å². The molecule has 2 aliphatic heterocycles. The summed E-state index contributed by atoms with van der Waals surface area (Å²) in [6.45, 7) is 6.66. The van der Waals surface area contributed by atoms with Crippen molar-refractivity contribution >= 4 is 17.3 Å². The van der Waals surface area contributed by atoms with Gasteiger partial charge in [0.25, 0.3) is 0 Å². The summed E-state index contributed by atoms with van der Waals surface area (Å²) in [7, 11) is 0. The molecule has 26 heavy (non-hydrogen) atoms. The van der Waals surface area contributed by atoms with E-state index in [1.807, 2.05) is 6.07 Å². The summed E-state index contributed by atoms with van der Waals surface area (Å²) in [5.74, 6) is 1.06. The number of hydrogen-bond donors (Lipinski definition) is 1. The Morgan fingerprint density at radius 3 is 2.62 bits per heavy atom. The van der Waals surface area contributed by atoms with E-state index in [0.29, 0.717) is 0 Å². The lowest BCUT2D eigenvalue weighted by molar-refractivity contribution is 0.174. The van der Waals surface area contributed by atoms with Gasteiger partial charge in [-0.05, 0) is 35.0 Å². The lowest BCUT2D eigenvalue weighted by atomic mass is 10.1. The minimum Gasteiger partial charge on any atom is -0.493 e. The molecule has 0 saturated carbocycles. The van der Waals surface area contributed by atoms with E-state index in [1.54, 1.807) is 0 Å². The van der Waals surface area contributed by atoms with E-state index in [9.17, 15) is 0 Å². The van der Waals surface area contributed by atoms with Gasteiger partial charge in [0.15, 0.2) is 5.11 Å². The van der Waals surface area contributed by atoms with Gasteiger partial charge in [0.2, 0.25) is 0 Å². The van der Waals surface area contributed by atoms with Crippen LogP contribution < -0.4 is 10.1 Å². The van der Waals surface area contributed by atoms with Gasteiger partial charge in [0.05, 0.1) is 6.61 Å². The fourth-order valence-corrected chi connectivity index (χ4v) is 3.85. The van der Waals surface area contributed by atoms with Crippen LogP contribution in [0.5, 0.6) is 5.75 Å². The summed E-state index contributed by atoms with van der Waals surface area (Å²) in [4.78, 5) is 4.79. The third kappa shape index (κ3) is 4.17. The molecule has 0 radical (unpaired) electrons. The molecular weight excluding hydrogens is 342 g/mol. The van der Waals surface area contributed by atoms with Crippen molar-refractivity contribution in [2.24, 2.45) is 0 Å². The lowest BCUT2D eigenvalue weighted by Gasteiger charge is -2.36. The Morgan fingerprint density at radius 2 is 1.81 bits per heavy atom. The number of nitrogens with zero attached hydrogens (tertiary/aromatic N) is 2. The Bertz CT molecular complexity index is 757. The van der Waals surface area contributed by atoms with E-state index in [4.69, 9.17) is 17.0 Å². The van der Waals surface area contributed by atoms with Crippen molar-refractivity contribution in [2.45, 2.75) is 19.5 Å². The van der Waals surface area contributed by atoms with Crippen molar-refractivity contribution in [3.05, 3.63) is 65.2 Å². The van der Waals surface area contributed by atoms with Crippen molar-refractivity contribution in [3.63, 3.8) is 0 Å². The largest absolute Gasteiger partial charge is 0.493 e. The molecule has 2 heterocycles. The number of ether oxygens (including phenoxy) is 1. The molecule has 2 aromatic carbocycles. The molecule has 1 saturated heterocycles. The predicted molar refractivity (Wildman–Crippen MR) is 108 cm³/mol. The monoisotopic (exact) mass is 367 g/mol. The molecule has 136 valence electrons. The van der Waals surface area contributed by atoms with Crippen LogP contribution in [0.1, 0.15) is 16.7 Å². The van der Waals surface area contributed by atoms with Crippen LogP contribution in [0.2, 0.25) is 0 Å². The SMILES string of the molecule is S=C(NCc1ccccc1)N1CCN(Cc2ccc3c(c2)CCO3)CC1. The Morgan fingerprint density at radius 1 is 1.00 bits per heavy atom. The molecule has 2 aromatic rings. The van der Waals surface area contributed by atoms with E-state index in [2.05, 4.69) is 57.6 Å². The van der Waals surface area contributed by atoms with Gasteiger partial charge in [0.1, 0.15) is 5.75 Å². The van der Waals surface area contributed by atoms with Crippen LogP contribution in [0, 0.1) is 0 Å². The zero-order valence-electron chi connectivity index (χ0n) is 15.0. The molecular formula is C21H25N3OS.